The number of hydrogen-bond acceptors (Lipinski definition) is 7. The second-order valence-corrected chi connectivity index (χ2v) is 9.40. The first-order valence-corrected chi connectivity index (χ1v) is 11.8. The van der Waals surface area contributed by atoms with Crippen molar-refractivity contribution < 1.29 is 23.5 Å². The maximum Gasteiger partial charge on any atom is 0.410 e. The van der Waals surface area contributed by atoms with Gasteiger partial charge in [0.15, 0.2) is 11.5 Å². The SMILES string of the molecule is C.CC(C)(N)C(=O)N[C@H](COCc1ccccc1)c1nnc2cccc(COC(=O)N3CC[C@@H](F)C3)n12. The highest BCUT2D eigenvalue weighted by Gasteiger charge is 2.29. The Bertz CT molecular complexity index is 1200. The molecule has 1 aromatic carbocycles. The van der Waals surface area contributed by atoms with Gasteiger partial charge in [0.2, 0.25) is 5.91 Å². The number of ether oxygens (including phenoxy) is 2. The van der Waals surface area contributed by atoms with Crippen LogP contribution < -0.4 is 11.1 Å². The third-order valence-electron chi connectivity index (χ3n) is 5.86. The molecule has 1 fully saturated rings. The van der Waals surface area contributed by atoms with E-state index in [1.54, 1.807) is 36.4 Å². The Morgan fingerprint density at radius 2 is 1.92 bits per heavy atom. The van der Waals surface area contributed by atoms with Crippen LogP contribution in [0.2, 0.25) is 0 Å². The van der Waals surface area contributed by atoms with Crippen LogP contribution in [0.4, 0.5) is 9.18 Å². The van der Waals surface area contributed by atoms with Gasteiger partial charge in [0.05, 0.1) is 31.0 Å². The predicted molar refractivity (Wildman–Crippen MR) is 136 cm³/mol. The second kappa shape index (κ2) is 12.1. The van der Waals surface area contributed by atoms with E-state index in [0.29, 0.717) is 36.7 Å². The lowest BCUT2D eigenvalue weighted by atomic mass is 10.1. The van der Waals surface area contributed by atoms with E-state index in [1.807, 2.05) is 30.3 Å². The minimum atomic E-state index is -1.12. The maximum absolute atomic E-state index is 13.5. The quantitative estimate of drug-likeness (QED) is 0.449. The summed E-state index contributed by atoms with van der Waals surface area (Å²) in [5, 5.41) is 11.4. The Hall–Kier alpha value is -3.57. The minimum Gasteiger partial charge on any atom is -0.443 e. The molecule has 0 aliphatic carbocycles. The van der Waals surface area contributed by atoms with E-state index >= 15 is 0 Å². The highest BCUT2D eigenvalue weighted by Crippen LogP contribution is 2.19. The molecule has 2 atom stereocenters. The summed E-state index contributed by atoms with van der Waals surface area (Å²) < 4.78 is 26.6. The van der Waals surface area contributed by atoms with Crippen molar-refractivity contribution in [1.29, 1.82) is 0 Å². The minimum absolute atomic E-state index is 0. The van der Waals surface area contributed by atoms with Crippen molar-refractivity contribution in [2.45, 2.75) is 58.7 Å². The van der Waals surface area contributed by atoms with Crippen LogP contribution in [0.3, 0.4) is 0 Å². The predicted octanol–water partition coefficient (Wildman–Crippen LogP) is 3.16. The Morgan fingerprint density at radius 3 is 2.59 bits per heavy atom. The standard InChI is InChI=1S/C25H31FN6O4.CH4/c1-25(2,27)23(33)28-20(16-35-14-17-7-4-3-5-8-17)22-30-29-21-10-6-9-19(32(21)22)15-36-24(34)31-12-11-18(26)13-31;/h3-10,18,20H,11-16,27H2,1-2H3,(H,28,33);1H4/t18-,20-;/m1./s1. The lowest BCUT2D eigenvalue weighted by Gasteiger charge is -2.24. The number of rotatable bonds is 9. The zero-order valence-electron chi connectivity index (χ0n) is 20.4. The van der Waals surface area contributed by atoms with Gasteiger partial charge in [-0.2, -0.15) is 0 Å². The number of alkyl halides is 1. The summed E-state index contributed by atoms with van der Waals surface area (Å²) in [5.41, 5.74) is 6.97. The van der Waals surface area contributed by atoms with Gasteiger partial charge in [-0.3, -0.25) is 9.20 Å². The van der Waals surface area contributed by atoms with Gasteiger partial charge >= 0.3 is 6.09 Å². The number of benzene rings is 1. The lowest BCUT2D eigenvalue weighted by Crippen LogP contribution is -2.51. The van der Waals surface area contributed by atoms with Crippen LogP contribution in [0.15, 0.2) is 48.5 Å². The molecule has 2 aromatic heterocycles. The summed E-state index contributed by atoms with van der Waals surface area (Å²) in [6.07, 6.45) is -1.30. The number of halogens is 1. The van der Waals surface area contributed by atoms with Gasteiger partial charge in [0.25, 0.3) is 0 Å². The molecule has 0 spiro atoms. The molecule has 1 aliphatic rings. The number of hydrogen-bond donors (Lipinski definition) is 2. The molecule has 37 heavy (non-hydrogen) atoms. The lowest BCUT2D eigenvalue weighted by molar-refractivity contribution is -0.126. The normalized spacial score (nSPS) is 16.3. The van der Waals surface area contributed by atoms with Gasteiger partial charge in [-0.25, -0.2) is 9.18 Å². The highest BCUT2D eigenvalue weighted by atomic mass is 19.1. The molecule has 10 nitrogen and oxygen atoms in total. The summed E-state index contributed by atoms with van der Waals surface area (Å²) >= 11 is 0. The molecule has 1 saturated heterocycles. The highest BCUT2D eigenvalue weighted by molar-refractivity contribution is 5.85. The summed E-state index contributed by atoms with van der Waals surface area (Å²) in [5.74, 6) is 0.0265. The number of nitrogens with two attached hydrogens (primary N) is 1. The molecule has 0 bridgehead atoms. The van der Waals surface area contributed by atoms with E-state index < -0.39 is 23.8 Å². The van der Waals surface area contributed by atoms with E-state index in [9.17, 15) is 14.0 Å². The van der Waals surface area contributed by atoms with Gasteiger partial charge in [-0.15, -0.1) is 10.2 Å². The van der Waals surface area contributed by atoms with Crippen molar-refractivity contribution in [3.63, 3.8) is 0 Å². The topological polar surface area (TPSA) is 124 Å². The van der Waals surface area contributed by atoms with Gasteiger partial charge in [-0.1, -0.05) is 43.8 Å². The largest absolute Gasteiger partial charge is 0.443 e. The number of pyridine rings is 1. The molecule has 3 heterocycles. The molecule has 3 N–H and O–H groups in total. The smallest absolute Gasteiger partial charge is 0.410 e. The van der Waals surface area contributed by atoms with Crippen LogP contribution in [0.25, 0.3) is 5.65 Å². The van der Waals surface area contributed by atoms with Crippen molar-refractivity contribution in [2.75, 3.05) is 19.7 Å². The Morgan fingerprint density at radius 1 is 1.16 bits per heavy atom. The summed E-state index contributed by atoms with van der Waals surface area (Å²) in [6, 6.07) is 14.3. The van der Waals surface area contributed by atoms with Crippen molar-refractivity contribution in [1.82, 2.24) is 24.8 Å². The Kier molecular flexibility index (Phi) is 9.17. The molecule has 11 heteroatoms. The van der Waals surface area contributed by atoms with Crippen LogP contribution in [-0.2, 0) is 27.5 Å². The molecule has 4 rings (SSSR count). The van der Waals surface area contributed by atoms with E-state index in [2.05, 4.69) is 15.5 Å². The average molecular weight is 515 g/mol. The summed E-state index contributed by atoms with van der Waals surface area (Å²) in [4.78, 5) is 26.5. The van der Waals surface area contributed by atoms with Crippen LogP contribution in [0.5, 0.6) is 0 Å². The monoisotopic (exact) mass is 514 g/mol. The number of carbonyl (C=O) groups excluding carboxylic acids is 2. The summed E-state index contributed by atoms with van der Waals surface area (Å²) in [7, 11) is 0. The molecule has 200 valence electrons. The van der Waals surface area contributed by atoms with Crippen molar-refractivity contribution in [3.8, 4) is 0 Å². The van der Waals surface area contributed by atoms with Crippen LogP contribution in [0, 0.1) is 0 Å². The first-order chi connectivity index (χ1) is 17.2. The van der Waals surface area contributed by atoms with Crippen LogP contribution in [0.1, 0.15) is 50.8 Å². The molecule has 2 amide bonds. The molecular weight excluding hydrogens is 479 g/mol. The number of fused-ring (bicyclic) bond motifs is 1. The second-order valence-electron chi connectivity index (χ2n) is 9.40. The van der Waals surface area contributed by atoms with E-state index in [1.165, 1.54) is 4.90 Å². The number of amides is 2. The zero-order valence-corrected chi connectivity index (χ0v) is 20.4. The van der Waals surface area contributed by atoms with Gasteiger partial charge < -0.3 is 25.4 Å². The van der Waals surface area contributed by atoms with Crippen molar-refractivity contribution in [2.24, 2.45) is 5.73 Å². The third kappa shape index (κ3) is 7.01. The number of nitrogens with zero attached hydrogens (tertiary/aromatic N) is 4. The molecule has 1 aliphatic heterocycles. The fraction of sp³-hybridized carbons (Fsp3) is 0.462. The fourth-order valence-corrected chi connectivity index (χ4v) is 3.87. The molecule has 3 aromatic rings. The van der Waals surface area contributed by atoms with Gasteiger partial charge in [0, 0.05) is 6.54 Å². The zero-order chi connectivity index (χ0) is 25.7. The maximum atomic E-state index is 13.5. The van der Waals surface area contributed by atoms with E-state index in [4.69, 9.17) is 15.2 Å². The van der Waals surface area contributed by atoms with Gasteiger partial charge in [0.1, 0.15) is 18.8 Å². The Balaban J connectivity index is 0.00000380. The average Bonchev–Trinajstić information content (AvgIpc) is 3.48. The molecular formula is C26H35FN6O4. The number of nitrogens with one attached hydrogen (secondary N) is 1. The first kappa shape index (κ1) is 28.0. The number of likely N-dealkylation sites (tertiary alicyclic amines) is 1. The fourth-order valence-electron chi connectivity index (χ4n) is 3.87. The van der Waals surface area contributed by atoms with Crippen LogP contribution in [-0.4, -0.2) is 62.9 Å². The van der Waals surface area contributed by atoms with Crippen molar-refractivity contribution >= 4 is 17.6 Å². The third-order valence-corrected chi connectivity index (χ3v) is 5.86. The van der Waals surface area contributed by atoms with E-state index in [-0.39, 0.29) is 33.1 Å². The first-order valence-electron chi connectivity index (χ1n) is 11.8. The Labute approximate surface area is 215 Å². The number of carbonyl (C=O) groups is 2. The van der Waals surface area contributed by atoms with Crippen LogP contribution >= 0.6 is 0 Å². The summed E-state index contributed by atoms with van der Waals surface area (Å²) in [6.45, 7) is 3.94. The van der Waals surface area contributed by atoms with E-state index in [0.717, 1.165) is 5.56 Å². The van der Waals surface area contributed by atoms with Crippen molar-refractivity contribution in [3.05, 3.63) is 65.6 Å². The molecule has 0 saturated carbocycles. The molecule has 0 unspecified atom stereocenters. The molecule has 0 radical (unpaired) electrons. The van der Waals surface area contributed by atoms with Gasteiger partial charge in [-0.05, 0) is 38.0 Å². The number of aromatic nitrogens is 3.